The molecule has 1 aromatic rings. The Kier molecular flexibility index (Phi) is 7.33. The standard InChI is InChI=1S/C14H22FN3S/c1-16-14(17-9-4-10-19-3)18(2)11-12-5-7-13(15)8-6-12/h5-8H,4,9-11H2,1-3H3,(H,16,17). The first-order valence-electron chi connectivity index (χ1n) is 6.32. The van der Waals surface area contributed by atoms with Crippen LogP contribution in [0.25, 0.3) is 0 Å². The van der Waals surface area contributed by atoms with Gasteiger partial charge in [-0.15, -0.1) is 0 Å². The molecule has 0 saturated heterocycles. The van der Waals surface area contributed by atoms with Gasteiger partial charge in [0.15, 0.2) is 5.96 Å². The first-order chi connectivity index (χ1) is 9.17. The van der Waals surface area contributed by atoms with Gasteiger partial charge in [-0.3, -0.25) is 4.99 Å². The summed E-state index contributed by atoms with van der Waals surface area (Å²) in [6.45, 7) is 1.63. The number of aliphatic imine (C=N–C) groups is 1. The number of rotatable bonds is 6. The van der Waals surface area contributed by atoms with Crippen LogP contribution in [0.2, 0.25) is 0 Å². The molecule has 0 aliphatic rings. The third-order valence-electron chi connectivity index (χ3n) is 2.71. The van der Waals surface area contributed by atoms with Crippen LogP contribution in [-0.2, 0) is 6.54 Å². The van der Waals surface area contributed by atoms with Crippen molar-refractivity contribution in [1.82, 2.24) is 10.2 Å². The lowest BCUT2D eigenvalue weighted by atomic mass is 10.2. The SMILES string of the molecule is CN=C(NCCCSC)N(C)Cc1ccc(F)cc1. The van der Waals surface area contributed by atoms with Gasteiger partial charge < -0.3 is 10.2 Å². The van der Waals surface area contributed by atoms with Gasteiger partial charge in [-0.25, -0.2) is 4.39 Å². The minimum Gasteiger partial charge on any atom is -0.356 e. The second kappa shape index (κ2) is 8.80. The highest BCUT2D eigenvalue weighted by Gasteiger charge is 2.06. The Balaban J connectivity index is 2.45. The van der Waals surface area contributed by atoms with Crippen LogP contribution in [0.15, 0.2) is 29.3 Å². The average Bonchev–Trinajstić information content (AvgIpc) is 2.41. The zero-order valence-electron chi connectivity index (χ0n) is 11.8. The Hall–Kier alpha value is -1.23. The Bertz CT molecular complexity index is 392. The molecule has 1 rings (SSSR count). The summed E-state index contributed by atoms with van der Waals surface area (Å²) in [4.78, 5) is 6.28. The van der Waals surface area contributed by atoms with Crippen molar-refractivity contribution >= 4 is 17.7 Å². The summed E-state index contributed by atoms with van der Waals surface area (Å²) in [5.41, 5.74) is 1.07. The number of hydrogen-bond donors (Lipinski definition) is 1. The monoisotopic (exact) mass is 283 g/mol. The number of nitrogens with zero attached hydrogens (tertiary/aromatic N) is 2. The van der Waals surface area contributed by atoms with Crippen molar-refractivity contribution in [2.24, 2.45) is 4.99 Å². The third-order valence-corrected chi connectivity index (χ3v) is 3.41. The minimum atomic E-state index is -0.203. The molecular weight excluding hydrogens is 261 g/mol. The predicted octanol–water partition coefficient (Wildman–Crippen LogP) is 2.59. The zero-order valence-corrected chi connectivity index (χ0v) is 12.6. The fraction of sp³-hybridized carbons (Fsp3) is 0.500. The molecule has 1 N–H and O–H groups in total. The normalized spacial score (nSPS) is 11.5. The van der Waals surface area contributed by atoms with Crippen LogP contribution < -0.4 is 5.32 Å². The molecule has 0 unspecified atom stereocenters. The number of thioether (sulfide) groups is 1. The number of nitrogens with one attached hydrogen (secondary N) is 1. The van der Waals surface area contributed by atoms with E-state index < -0.39 is 0 Å². The van der Waals surface area contributed by atoms with E-state index in [1.807, 2.05) is 23.7 Å². The van der Waals surface area contributed by atoms with Crippen LogP contribution >= 0.6 is 11.8 Å². The van der Waals surface area contributed by atoms with Gasteiger partial charge in [-0.2, -0.15) is 11.8 Å². The Labute approximate surface area is 119 Å². The summed E-state index contributed by atoms with van der Waals surface area (Å²) in [6, 6.07) is 6.56. The van der Waals surface area contributed by atoms with Crippen LogP contribution in [0, 0.1) is 5.82 Å². The van der Waals surface area contributed by atoms with Gasteiger partial charge in [-0.1, -0.05) is 12.1 Å². The average molecular weight is 283 g/mol. The number of halogens is 1. The Morgan fingerprint density at radius 2 is 2.05 bits per heavy atom. The highest BCUT2D eigenvalue weighted by atomic mass is 32.2. The van der Waals surface area contributed by atoms with E-state index in [9.17, 15) is 4.39 Å². The maximum Gasteiger partial charge on any atom is 0.193 e. The van der Waals surface area contributed by atoms with Crippen molar-refractivity contribution in [2.75, 3.05) is 32.6 Å². The summed E-state index contributed by atoms with van der Waals surface area (Å²) in [6.07, 6.45) is 3.22. The van der Waals surface area contributed by atoms with E-state index >= 15 is 0 Å². The summed E-state index contributed by atoms with van der Waals surface area (Å²) in [7, 11) is 3.76. The van der Waals surface area contributed by atoms with Crippen molar-refractivity contribution < 1.29 is 4.39 Å². The first-order valence-corrected chi connectivity index (χ1v) is 7.72. The third kappa shape index (κ3) is 5.96. The molecule has 106 valence electrons. The van der Waals surface area contributed by atoms with Gasteiger partial charge >= 0.3 is 0 Å². The van der Waals surface area contributed by atoms with Crippen LogP contribution in [0.1, 0.15) is 12.0 Å². The van der Waals surface area contributed by atoms with E-state index in [-0.39, 0.29) is 5.82 Å². The van der Waals surface area contributed by atoms with Gasteiger partial charge in [-0.05, 0) is 36.1 Å². The van der Waals surface area contributed by atoms with Crippen molar-refractivity contribution in [3.63, 3.8) is 0 Å². The molecule has 0 fully saturated rings. The summed E-state index contributed by atoms with van der Waals surface area (Å²) >= 11 is 1.84. The number of hydrogen-bond acceptors (Lipinski definition) is 2. The first kappa shape index (κ1) is 15.8. The molecule has 0 aliphatic heterocycles. The second-order valence-electron chi connectivity index (χ2n) is 4.30. The van der Waals surface area contributed by atoms with E-state index in [4.69, 9.17) is 0 Å². The van der Waals surface area contributed by atoms with Crippen LogP contribution in [0.5, 0.6) is 0 Å². The van der Waals surface area contributed by atoms with Crippen molar-refractivity contribution in [3.05, 3.63) is 35.6 Å². The molecule has 0 atom stereocenters. The van der Waals surface area contributed by atoms with Crippen LogP contribution in [-0.4, -0.2) is 43.5 Å². The summed E-state index contributed by atoms with van der Waals surface area (Å²) in [5.74, 6) is 1.81. The Morgan fingerprint density at radius 3 is 2.63 bits per heavy atom. The predicted molar refractivity (Wildman–Crippen MR) is 82.2 cm³/mol. The molecule has 0 radical (unpaired) electrons. The van der Waals surface area contributed by atoms with Gasteiger partial charge in [0.2, 0.25) is 0 Å². The lowest BCUT2D eigenvalue weighted by molar-refractivity contribution is 0.476. The number of benzene rings is 1. The van der Waals surface area contributed by atoms with E-state index in [1.165, 1.54) is 12.1 Å². The fourth-order valence-corrected chi connectivity index (χ4v) is 2.17. The summed E-state index contributed by atoms with van der Waals surface area (Å²) in [5, 5.41) is 3.32. The van der Waals surface area contributed by atoms with Gasteiger partial charge in [0.05, 0.1) is 0 Å². The lowest BCUT2D eigenvalue weighted by Crippen LogP contribution is -2.39. The number of guanidine groups is 1. The highest BCUT2D eigenvalue weighted by molar-refractivity contribution is 7.98. The van der Waals surface area contributed by atoms with Crippen LogP contribution in [0.3, 0.4) is 0 Å². The molecule has 0 aromatic heterocycles. The molecule has 0 bridgehead atoms. The van der Waals surface area contributed by atoms with Gasteiger partial charge in [0.25, 0.3) is 0 Å². The largest absolute Gasteiger partial charge is 0.356 e. The maximum absolute atomic E-state index is 12.8. The van der Waals surface area contributed by atoms with Crippen LogP contribution in [0.4, 0.5) is 4.39 Å². The van der Waals surface area contributed by atoms with Gasteiger partial charge in [0, 0.05) is 27.2 Å². The highest BCUT2D eigenvalue weighted by Crippen LogP contribution is 2.05. The maximum atomic E-state index is 12.8. The fourth-order valence-electron chi connectivity index (χ4n) is 1.74. The van der Waals surface area contributed by atoms with E-state index in [0.717, 1.165) is 30.2 Å². The zero-order chi connectivity index (χ0) is 14.1. The van der Waals surface area contributed by atoms with E-state index in [2.05, 4.69) is 16.6 Å². The second-order valence-corrected chi connectivity index (χ2v) is 5.29. The molecule has 0 aliphatic carbocycles. The molecule has 5 heteroatoms. The van der Waals surface area contributed by atoms with Gasteiger partial charge in [0.1, 0.15) is 5.82 Å². The molecule has 3 nitrogen and oxygen atoms in total. The molecule has 1 aromatic carbocycles. The smallest absolute Gasteiger partial charge is 0.193 e. The van der Waals surface area contributed by atoms with Crippen molar-refractivity contribution in [1.29, 1.82) is 0 Å². The molecular formula is C14H22FN3S. The van der Waals surface area contributed by atoms with Crippen molar-refractivity contribution in [3.8, 4) is 0 Å². The molecule has 19 heavy (non-hydrogen) atoms. The van der Waals surface area contributed by atoms with Crippen molar-refractivity contribution in [2.45, 2.75) is 13.0 Å². The topological polar surface area (TPSA) is 27.6 Å². The molecule has 0 saturated carbocycles. The summed E-state index contributed by atoms with van der Waals surface area (Å²) < 4.78 is 12.8. The molecule has 0 spiro atoms. The molecule has 0 heterocycles. The minimum absolute atomic E-state index is 0.203. The van der Waals surface area contributed by atoms with E-state index in [0.29, 0.717) is 6.54 Å². The molecule has 0 amide bonds. The van der Waals surface area contributed by atoms with E-state index in [1.54, 1.807) is 19.2 Å². The lowest BCUT2D eigenvalue weighted by Gasteiger charge is -2.22. The quantitative estimate of drug-likeness (QED) is 0.494. The Morgan fingerprint density at radius 1 is 1.37 bits per heavy atom.